The first-order chi connectivity index (χ1) is 9.42. The van der Waals surface area contributed by atoms with Crippen LogP contribution in [0.15, 0.2) is 18.2 Å². The van der Waals surface area contributed by atoms with Crippen molar-refractivity contribution in [2.24, 2.45) is 5.92 Å². The van der Waals surface area contributed by atoms with Gasteiger partial charge in [-0.3, -0.25) is 4.79 Å². The van der Waals surface area contributed by atoms with Gasteiger partial charge in [0, 0.05) is 25.2 Å². The lowest BCUT2D eigenvalue weighted by Gasteiger charge is -2.22. The summed E-state index contributed by atoms with van der Waals surface area (Å²) in [5, 5.41) is 3.28. The van der Waals surface area contributed by atoms with Gasteiger partial charge in [0.1, 0.15) is 0 Å². The molecule has 112 valence electrons. The maximum absolute atomic E-state index is 11.9. The Kier molecular flexibility index (Phi) is 6.82. The normalized spacial score (nSPS) is 11.1. The predicted molar refractivity (Wildman–Crippen MR) is 86.1 cm³/mol. The average Bonchev–Trinajstić information content (AvgIpc) is 2.37. The Morgan fingerprint density at radius 1 is 1.45 bits per heavy atom. The molecule has 1 aromatic rings. The van der Waals surface area contributed by atoms with Crippen molar-refractivity contribution in [3.8, 4) is 0 Å². The SMILES string of the molecule is CCN(CCC(=O)Nc1ccc(N)cc1Cl)CC(C)C. The van der Waals surface area contributed by atoms with Gasteiger partial charge in [-0.2, -0.15) is 0 Å². The zero-order valence-electron chi connectivity index (χ0n) is 12.4. The highest BCUT2D eigenvalue weighted by Crippen LogP contribution is 2.24. The Balaban J connectivity index is 2.47. The Bertz CT molecular complexity index is 449. The monoisotopic (exact) mass is 297 g/mol. The summed E-state index contributed by atoms with van der Waals surface area (Å²) in [6.07, 6.45) is 0.460. The van der Waals surface area contributed by atoms with Crippen LogP contribution >= 0.6 is 11.6 Å². The highest BCUT2D eigenvalue weighted by molar-refractivity contribution is 6.34. The molecular weight excluding hydrogens is 274 g/mol. The first-order valence-electron chi connectivity index (χ1n) is 6.99. The molecule has 0 aliphatic heterocycles. The number of amides is 1. The molecule has 1 rings (SSSR count). The van der Waals surface area contributed by atoms with Crippen molar-refractivity contribution in [1.82, 2.24) is 4.90 Å². The molecule has 1 amide bonds. The van der Waals surface area contributed by atoms with Crippen LogP contribution in [0.25, 0.3) is 0 Å². The van der Waals surface area contributed by atoms with E-state index in [1.807, 2.05) is 0 Å². The summed E-state index contributed by atoms with van der Waals surface area (Å²) in [6, 6.07) is 5.08. The molecule has 0 heterocycles. The lowest BCUT2D eigenvalue weighted by atomic mass is 10.2. The number of hydrogen-bond donors (Lipinski definition) is 2. The minimum absolute atomic E-state index is 0.0288. The van der Waals surface area contributed by atoms with Gasteiger partial charge in [0.15, 0.2) is 0 Å². The Morgan fingerprint density at radius 2 is 2.15 bits per heavy atom. The van der Waals surface area contributed by atoms with Crippen LogP contribution in [0.2, 0.25) is 5.02 Å². The fourth-order valence-electron chi connectivity index (χ4n) is 2.00. The van der Waals surface area contributed by atoms with Gasteiger partial charge in [0.25, 0.3) is 0 Å². The molecule has 0 saturated heterocycles. The third-order valence-corrected chi connectivity index (χ3v) is 3.31. The second kappa shape index (κ2) is 8.12. The minimum Gasteiger partial charge on any atom is -0.399 e. The zero-order chi connectivity index (χ0) is 15.1. The Morgan fingerprint density at radius 3 is 2.70 bits per heavy atom. The van der Waals surface area contributed by atoms with Crippen molar-refractivity contribution < 1.29 is 4.79 Å². The fourth-order valence-corrected chi connectivity index (χ4v) is 2.24. The van der Waals surface area contributed by atoms with E-state index in [1.54, 1.807) is 18.2 Å². The number of nitrogen functional groups attached to an aromatic ring is 1. The first-order valence-corrected chi connectivity index (χ1v) is 7.37. The smallest absolute Gasteiger partial charge is 0.225 e. The molecule has 0 saturated carbocycles. The van der Waals surface area contributed by atoms with Gasteiger partial charge < -0.3 is 16.0 Å². The van der Waals surface area contributed by atoms with E-state index in [4.69, 9.17) is 17.3 Å². The number of rotatable bonds is 7. The summed E-state index contributed by atoms with van der Waals surface area (Å²) in [6.45, 7) is 9.18. The number of carbonyl (C=O) groups is 1. The maximum Gasteiger partial charge on any atom is 0.225 e. The molecule has 1 aromatic carbocycles. The quantitative estimate of drug-likeness (QED) is 0.760. The highest BCUT2D eigenvalue weighted by atomic mass is 35.5. The van der Waals surface area contributed by atoms with Gasteiger partial charge in [-0.15, -0.1) is 0 Å². The summed E-state index contributed by atoms with van der Waals surface area (Å²) >= 11 is 6.03. The summed E-state index contributed by atoms with van der Waals surface area (Å²) < 4.78 is 0. The molecule has 0 unspecified atom stereocenters. The van der Waals surface area contributed by atoms with Gasteiger partial charge in [-0.05, 0) is 30.7 Å². The van der Waals surface area contributed by atoms with Crippen LogP contribution in [0.4, 0.5) is 11.4 Å². The highest BCUT2D eigenvalue weighted by Gasteiger charge is 2.10. The molecule has 0 radical (unpaired) electrons. The van der Waals surface area contributed by atoms with E-state index >= 15 is 0 Å². The Hall–Kier alpha value is -1.26. The third kappa shape index (κ3) is 5.80. The van der Waals surface area contributed by atoms with Gasteiger partial charge in [-0.25, -0.2) is 0 Å². The first kappa shape index (κ1) is 16.8. The van der Waals surface area contributed by atoms with Crippen LogP contribution in [0, 0.1) is 5.92 Å². The fraction of sp³-hybridized carbons (Fsp3) is 0.533. The molecular formula is C15H24ClN3O. The number of nitrogens with zero attached hydrogens (tertiary/aromatic N) is 1. The molecule has 0 spiro atoms. The molecule has 5 heteroatoms. The summed E-state index contributed by atoms with van der Waals surface area (Å²) in [5.74, 6) is 0.573. The minimum atomic E-state index is -0.0288. The number of anilines is 2. The van der Waals surface area contributed by atoms with E-state index in [0.29, 0.717) is 28.7 Å². The van der Waals surface area contributed by atoms with E-state index in [-0.39, 0.29) is 5.91 Å². The van der Waals surface area contributed by atoms with Crippen molar-refractivity contribution in [3.63, 3.8) is 0 Å². The van der Waals surface area contributed by atoms with Gasteiger partial charge >= 0.3 is 0 Å². The largest absolute Gasteiger partial charge is 0.399 e. The van der Waals surface area contributed by atoms with E-state index in [1.165, 1.54) is 0 Å². The molecule has 0 aliphatic carbocycles. The van der Waals surface area contributed by atoms with Crippen molar-refractivity contribution >= 4 is 28.9 Å². The number of hydrogen-bond acceptors (Lipinski definition) is 3. The summed E-state index contributed by atoms with van der Waals surface area (Å²) in [7, 11) is 0. The zero-order valence-corrected chi connectivity index (χ0v) is 13.2. The van der Waals surface area contributed by atoms with Crippen molar-refractivity contribution in [2.45, 2.75) is 27.2 Å². The van der Waals surface area contributed by atoms with Gasteiger partial charge in [0.05, 0.1) is 10.7 Å². The maximum atomic E-state index is 11.9. The molecule has 0 atom stereocenters. The van der Waals surface area contributed by atoms with Gasteiger partial charge in [0.2, 0.25) is 5.91 Å². The van der Waals surface area contributed by atoms with Crippen molar-refractivity contribution in [3.05, 3.63) is 23.2 Å². The number of nitrogens with two attached hydrogens (primary N) is 1. The van der Waals surface area contributed by atoms with E-state index in [0.717, 1.165) is 19.6 Å². The Labute approximate surface area is 126 Å². The second-order valence-electron chi connectivity index (χ2n) is 5.32. The number of nitrogens with one attached hydrogen (secondary N) is 1. The van der Waals surface area contributed by atoms with E-state index in [2.05, 4.69) is 31.0 Å². The van der Waals surface area contributed by atoms with Crippen LogP contribution in [0.5, 0.6) is 0 Å². The van der Waals surface area contributed by atoms with Crippen LogP contribution in [-0.4, -0.2) is 30.4 Å². The topological polar surface area (TPSA) is 58.4 Å². The number of benzene rings is 1. The standard InChI is InChI=1S/C15H24ClN3O/c1-4-19(10-11(2)3)8-7-15(20)18-14-6-5-12(17)9-13(14)16/h5-6,9,11H,4,7-8,10,17H2,1-3H3,(H,18,20). The average molecular weight is 298 g/mol. The molecule has 0 aromatic heterocycles. The van der Waals surface area contributed by atoms with Crippen LogP contribution in [0.1, 0.15) is 27.2 Å². The lowest BCUT2D eigenvalue weighted by molar-refractivity contribution is -0.116. The van der Waals surface area contributed by atoms with Gasteiger partial charge in [-0.1, -0.05) is 32.4 Å². The molecule has 20 heavy (non-hydrogen) atoms. The van der Waals surface area contributed by atoms with Crippen LogP contribution < -0.4 is 11.1 Å². The van der Waals surface area contributed by atoms with E-state index in [9.17, 15) is 4.79 Å². The third-order valence-electron chi connectivity index (χ3n) is 2.99. The van der Waals surface area contributed by atoms with E-state index < -0.39 is 0 Å². The van der Waals surface area contributed by atoms with Crippen molar-refractivity contribution in [1.29, 1.82) is 0 Å². The molecule has 0 aliphatic rings. The second-order valence-corrected chi connectivity index (χ2v) is 5.73. The number of carbonyl (C=O) groups excluding carboxylic acids is 1. The predicted octanol–water partition coefficient (Wildman–Crippen LogP) is 3.23. The van der Waals surface area contributed by atoms with Crippen LogP contribution in [0.3, 0.4) is 0 Å². The molecule has 0 bridgehead atoms. The molecule has 4 nitrogen and oxygen atoms in total. The number of halogens is 1. The van der Waals surface area contributed by atoms with Crippen LogP contribution in [-0.2, 0) is 4.79 Å². The van der Waals surface area contributed by atoms with Crippen molar-refractivity contribution in [2.75, 3.05) is 30.7 Å². The lowest BCUT2D eigenvalue weighted by Crippen LogP contribution is -2.31. The molecule has 3 N–H and O–H groups in total. The molecule has 0 fully saturated rings. The summed E-state index contributed by atoms with van der Waals surface area (Å²) in [5.41, 5.74) is 6.81. The summed E-state index contributed by atoms with van der Waals surface area (Å²) in [4.78, 5) is 14.2.